The number of hydrogen-bond acceptors (Lipinski definition) is 5. The quantitative estimate of drug-likeness (QED) is 0.771. The van der Waals surface area contributed by atoms with Gasteiger partial charge in [0.05, 0.1) is 12.2 Å². The van der Waals surface area contributed by atoms with Gasteiger partial charge in [-0.15, -0.1) is 0 Å². The van der Waals surface area contributed by atoms with Crippen LogP contribution in [0.15, 0.2) is 24.3 Å². The van der Waals surface area contributed by atoms with Gasteiger partial charge in [-0.1, -0.05) is 17.7 Å². The van der Waals surface area contributed by atoms with E-state index in [-0.39, 0.29) is 13.0 Å². The summed E-state index contributed by atoms with van der Waals surface area (Å²) in [4.78, 5) is 11.8. The highest BCUT2D eigenvalue weighted by molar-refractivity contribution is 5.89. The summed E-state index contributed by atoms with van der Waals surface area (Å²) in [6.45, 7) is 1.64. The standard InChI is InChI=1S/C13H16O5/c1-8-2-4-9(5-3-8)13(16)18-10-6-12(15)17-11(10)7-14/h2-5,10-12,14-15H,6-7H2,1H3/t10-,11+,12+/m0/s1. The minimum absolute atomic E-state index is 0.183. The fourth-order valence-electron chi connectivity index (χ4n) is 1.88. The number of carbonyl (C=O) groups excluding carboxylic acids is 1. The summed E-state index contributed by atoms with van der Waals surface area (Å²) in [6.07, 6.45) is -2.07. The summed E-state index contributed by atoms with van der Waals surface area (Å²) in [5.74, 6) is -0.476. The third-order valence-electron chi connectivity index (χ3n) is 2.91. The largest absolute Gasteiger partial charge is 0.456 e. The second kappa shape index (κ2) is 5.48. The molecule has 0 amide bonds. The van der Waals surface area contributed by atoms with Gasteiger partial charge in [-0.3, -0.25) is 0 Å². The number of carbonyl (C=O) groups is 1. The van der Waals surface area contributed by atoms with Gasteiger partial charge in [-0.05, 0) is 19.1 Å². The van der Waals surface area contributed by atoms with E-state index in [9.17, 15) is 9.90 Å². The first kappa shape index (κ1) is 13.0. The number of aliphatic hydroxyl groups excluding tert-OH is 2. The lowest BCUT2D eigenvalue weighted by molar-refractivity contribution is -0.108. The maximum atomic E-state index is 11.8. The first-order chi connectivity index (χ1) is 8.60. The summed E-state index contributed by atoms with van der Waals surface area (Å²) < 4.78 is 10.2. The molecular formula is C13H16O5. The molecule has 2 rings (SSSR count). The first-order valence-electron chi connectivity index (χ1n) is 5.82. The second-order valence-electron chi connectivity index (χ2n) is 4.36. The summed E-state index contributed by atoms with van der Waals surface area (Å²) in [5, 5.41) is 18.3. The van der Waals surface area contributed by atoms with Crippen LogP contribution in [0.3, 0.4) is 0 Å². The highest BCUT2D eigenvalue weighted by atomic mass is 16.6. The van der Waals surface area contributed by atoms with E-state index >= 15 is 0 Å². The van der Waals surface area contributed by atoms with Crippen molar-refractivity contribution >= 4 is 5.97 Å². The summed E-state index contributed by atoms with van der Waals surface area (Å²) >= 11 is 0. The molecule has 98 valence electrons. The number of rotatable bonds is 3. The van der Waals surface area contributed by atoms with E-state index in [4.69, 9.17) is 14.6 Å². The van der Waals surface area contributed by atoms with Gasteiger partial charge in [0.25, 0.3) is 0 Å². The Morgan fingerprint density at radius 1 is 1.44 bits per heavy atom. The molecule has 1 saturated heterocycles. The Labute approximate surface area is 105 Å². The van der Waals surface area contributed by atoms with E-state index in [1.807, 2.05) is 19.1 Å². The van der Waals surface area contributed by atoms with Gasteiger partial charge >= 0.3 is 5.97 Å². The summed E-state index contributed by atoms with van der Waals surface area (Å²) in [5.41, 5.74) is 1.50. The van der Waals surface area contributed by atoms with Crippen LogP contribution in [-0.4, -0.2) is 41.3 Å². The predicted molar refractivity (Wildman–Crippen MR) is 63.0 cm³/mol. The second-order valence-corrected chi connectivity index (χ2v) is 4.36. The number of hydrogen-bond donors (Lipinski definition) is 2. The molecule has 1 heterocycles. The molecule has 1 aliphatic rings. The van der Waals surface area contributed by atoms with Crippen LogP contribution in [0.5, 0.6) is 0 Å². The Bertz CT molecular complexity index is 414. The average molecular weight is 252 g/mol. The van der Waals surface area contributed by atoms with Crippen LogP contribution < -0.4 is 0 Å². The van der Waals surface area contributed by atoms with Gasteiger partial charge in [0.15, 0.2) is 6.29 Å². The molecule has 5 nitrogen and oxygen atoms in total. The van der Waals surface area contributed by atoms with Crippen molar-refractivity contribution in [1.29, 1.82) is 0 Å². The van der Waals surface area contributed by atoms with Crippen LogP contribution in [0.2, 0.25) is 0 Å². The molecule has 0 bridgehead atoms. The molecule has 0 aromatic heterocycles. The topological polar surface area (TPSA) is 76.0 Å². The molecule has 1 aliphatic heterocycles. The molecule has 2 N–H and O–H groups in total. The maximum Gasteiger partial charge on any atom is 0.338 e. The zero-order valence-electron chi connectivity index (χ0n) is 10.1. The lowest BCUT2D eigenvalue weighted by Gasteiger charge is -2.16. The number of aliphatic hydroxyl groups is 2. The Morgan fingerprint density at radius 3 is 2.72 bits per heavy atom. The van der Waals surface area contributed by atoms with E-state index in [1.54, 1.807) is 12.1 Å². The molecule has 18 heavy (non-hydrogen) atoms. The highest BCUT2D eigenvalue weighted by Crippen LogP contribution is 2.22. The fourth-order valence-corrected chi connectivity index (χ4v) is 1.88. The molecule has 0 spiro atoms. The average Bonchev–Trinajstić information content (AvgIpc) is 2.70. The number of aryl methyl sites for hydroxylation is 1. The first-order valence-corrected chi connectivity index (χ1v) is 5.82. The summed E-state index contributed by atoms with van der Waals surface area (Å²) in [6, 6.07) is 7.00. The highest BCUT2D eigenvalue weighted by Gasteiger charge is 2.36. The van der Waals surface area contributed by atoms with Crippen LogP contribution in [0.4, 0.5) is 0 Å². The van der Waals surface area contributed by atoms with Gasteiger partial charge in [-0.2, -0.15) is 0 Å². The Balaban J connectivity index is 2.00. The van der Waals surface area contributed by atoms with E-state index in [0.717, 1.165) is 5.56 Å². The lowest BCUT2D eigenvalue weighted by atomic mass is 10.1. The van der Waals surface area contributed by atoms with E-state index < -0.39 is 24.5 Å². The van der Waals surface area contributed by atoms with Crippen molar-refractivity contribution in [2.75, 3.05) is 6.61 Å². The van der Waals surface area contributed by atoms with Crippen molar-refractivity contribution in [3.8, 4) is 0 Å². The number of benzene rings is 1. The van der Waals surface area contributed by atoms with Crippen molar-refractivity contribution in [2.24, 2.45) is 0 Å². The van der Waals surface area contributed by atoms with E-state index in [0.29, 0.717) is 5.56 Å². The lowest BCUT2D eigenvalue weighted by Crippen LogP contribution is -2.30. The van der Waals surface area contributed by atoms with Gasteiger partial charge in [-0.25, -0.2) is 4.79 Å². The molecule has 1 fully saturated rings. The number of esters is 1. The summed E-state index contributed by atoms with van der Waals surface area (Å²) in [7, 11) is 0. The predicted octanol–water partition coefficient (Wildman–Crippen LogP) is 0.620. The Hall–Kier alpha value is -1.43. The van der Waals surface area contributed by atoms with E-state index in [2.05, 4.69) is 0 Å². The fraction of sp³-hybridized carbons (Fsp3) is 0.462. The van der Waals surface area contributed by atoms with E-state index in [1.165, 1.54) is 0 Å². The van der Waals surface area contributed by atoms with Crippen molar-refractivity contribution in [3.63, 3.8) is 0 Å². The van der Waals surface area contributed by atoms with Gasteiger partial charge in [0.1, 0.15) is 12.2 Å². The Kier molecular flexibility index (Phi) is 3.96. The van der Waals surface area contributed by atoms with Gasteiger partial charge in [0, 0.05) is 6.42 Å². The molecule has 0 unspecified atom stereocenters. The molecule has 0 aliphatic carbocycles. The van der Waals surface area contributed by atoms with Crippen molar-refractivity contribution in [3.05, 3.63) is 35.4 Å². The Morgan fingerprint density at radius 2 is 2.11 bits per heavy atom. The van der Waals surface area contributed by atoms with Crippen LogP contribution >= 0.6 is 0 Å². The molecule has 3 atom stereocenters. The smallest absolute Gasteiger partial charge is 0.338 e. The molecule has 0 saturated carbocycles. The minimum atomic E-state index is -0.988. The normalized spacial score (nSPS) is 27.2. The number of ether oxygens (including phenoxy) is 2. The van der Waals surface area contributed by atoms with Gasteiger partial charge in [0.2, 0.25) is 0 Å². The van der Waals surface area contributed by atoms with Crippen molar-refractivity contribution in [1.82, 2.24) is 0 Å². The molecule has 0 radical (unpaired) electrons. The van der Waals surface area contributed by atoms with Crippen LogP contribution in [0.1, 0.15) is 22.3 Å². The van der Waals surface area contributed by atoms with Crippen molar-refractivity contribution in [2.45, 2.75) is 31.8 Å². The minimum Gasteiger partial charge on any atom is -0.456 e. The molecule has 1 aromatic rings. The van der Waals surface area contributed by atoms with Crippen LogP contribution in [0, 0.1) is 6.92 Å². The molecular weight excluding hydrogens is 236 g/mol. The van der Waals surface area contributed by atoms with Crippen molar-refractivity contribution < 1.29 is 24.5 Å². The SMILES string of the molecule is Cc1ccc(C(=O)O[C@H]2C[C@H](O)O[C@@H]2CO)cc1. The maximum absolute atomic E-state index is 11.8. The zero-order valence-corrected chi connectivity index (χ0v) is 10.1. The van der Waals surface area contributed by atoms with Crippen LogP contribution in [-0.2, 0) is 9.47 Å². The molecule has 5 heteroatoms. The zero-order chi connectivity index (χ0) is 13.1. The third-order valence-corrected chi connectivity index (χ3v) is 2.91. The third kappa shape index (κ3) is 2.87. The van der Waals surface area contributed by atoms with Crippen LogP contribution in [0.25, 0.3) is 0 Å². The monoisotopic (exact) mass is 252 g/mol. The molecule has 1 aromatic carbocycles. The van der Waals surface area contributed by atoms with Gasteiger partial charge < -0.3 is 19.7 Å².